The number of rotatable bonds is 8. The summed E-state index contributed by atoms with van der Waals surface area (Å²) in [5, 5.41) is 8.38. The minimum atomic E-state index is 0.648. The minimum absolute atomic E-state index is 0.648. The number of benzene rings is 1. The van der Waals surface area contributed by atoms with Crippen molar-refractivity contribution in [1.29, 1.82) is 0 Å². The molecule has 116 valence electrons. The van der Waals surface area contributed by atoms with Crippen LogP contribution in [0.1, 0.15) is 5.82 Å². The summed E-state index contributed by atoms with van der Waals surface area (Å²) in [6.07, 6.45) is 0.749. The number of anilines is 2. The van der Waals surface area contributed by atoms with Crippen LogP contribution >= 0.6 is 22.9 Å². The number of methoxy groups -OCH3 is 1. The molecule has 0 atom stereocenters. The van der Waals surface area contributed by atoms with E-state index >= 15 is 0 Å². The van der Waals surface area contributed by atoms with Crippen molar-refractivity contribution >= 4 is 43.3 Å². The Bertz CT molecular complexity index is 694. The molecule has 22 heavy (non-hydrogen) atoms. The molecule has 0 aliphatic heterocycles. The van der Waals surface area contributed by atoms with E-state index in [0.29, 0.717) is 6.61 Å². The smallest absolute Gasteiger partial charge is 0.202 e. The van der Waals surface area contributed by atoms with E-state index in [1.807, 2.05) is 18.2 Å². The lowest BCUT2D eigenvalue weighted by Crippen LogP contribution is -2.13. The summed E-state index contributed by atoms with van der Waals surface area (Å²) in [5.74, 6) is 0.827. The van der Waals surface area contributed by atoms with Gasteiger partial charge in [-0.2, -0.15) is 4.37 Å². The SMILES string of the molecule is COCCc1nsc(NCCNc2nc3ccccc3s2)n1. The van der Waals surface area contributed by atoms with E-state index in [2.05, 4.69) is 31.0 Å². The van der Waals surface area contributed by atoms with E-state index < -0.39 is 0 Å². The van der Waals surface area contributed by atoms with Gasteiger partial charge < -0.3 is 15.4 Å². The fourth-order valence-corrected chi connectivity index (χ4v) is 3.44. The van der Waals surface area contributed by atoms with Crippen LogP contribution in [0.2, 0.25) is 0 Å². The van der Waals surface area contributed by atoms with Crippen molar-refractivity contribution < 1.29 is 4.74 Å². The molecule has 1 aromatic carbocycles. The van der Waals surface area contributed by atoms with Gasteiger partial charge >= 0.3 is 0 Å². The highest BCUT2D eigenvalue weighted by atomic mass is 32.1. The Labute approximate surface area is 136 Å². The molecule has 3 rings (SSSR count). The molecule has 0 saturated carbocycles. The number of para-hydroxylation sites is 1. The Kier molecular flexibility index (Phi) is 5.15. The van der Waals surface area contributed by atoms with Gasteiger partial charge in [0.05, 0.1) is 16.8 Å². The summed E-state index contributed by atoms with van der Waals surface area (Å²) in [6.45, 7) is 2.21. The molecule has 2 N–H and O–H groups in total. The summed E-state index contributed by atoms with van der Waals surface area (Å²) in [7, 11) is 1.68. The zero-order valence-electron chi connectivity index (χ0n) is 12.2. The maximum absolute atomic E-state index is 5.02. The van der Waals surface area contributed by atoms with Crippen molar-refractivity contribution in [2.45, 2.75) is 6.42 Å². The molecule has 0 spiro atoms. The molecule has 0 unspecified atom stereocenters. The van der Waals surface area contributed by atoms with E-state index in [9.17, 15) is 0 Å². The maximum Gasteiger partial charge on any atom is 0.202 e. The number of thiazole rings is 1. The third kappa shape index (κ3) is 3.90. The topological polar surface area (TPSA) is 72.0 Å². The summed E-state index contributed by atoms with van der Waals surface area (Å²) in [5.41, 5.74) is 1.04. The molecular weight excluding hydrogens is 318 g/mol. The third-order valence-electron chi connectivity index (χ3n) is 2.97. The lowest BCUT2D eigenvalue weighted by molar-refractivity contribution is 0.201. The molecule has 0 aliphatic carbocycles. The summed E-state index contributed by atoms with van der Waals surface area (Å²) >= 11 is 3.05. The lowest BCUT2D eigenvalue weighted by Gasteiger charge is -2.02. The van der Waals surface area contributed by atoms with Crippen LogP contribution in [0.15, 0.2) is 24.3 Å². The van der Waals surface area contributed by atoms with Crippen molar-refractivity contribution in [3.63, 3.8) is 0 Å². The minimum Gasteiger partial charge on any atom is -0.384 e. The van der Waals surface area contributed by atoms with Crippen LogP contribution in [-0.4, -0.2) is 41.1 Å². The first-order valence-corrected chi connectivity index (χ1v) is 8.59. The van der Waals surface area contributed by atoms with E-state index in [0.717, 1.165) is 41.1 Å². The zero-order chi connectivity index (χ0) is 15.2. The lowest BCUT2D eigenvalue weighted by atomic mass is 10.3. The van der Waals surface area contributed by atoms with Gasteiger partial charge in [0.25, 0.3) is 0 Å². The van der Waals surface area contributed by atoms with Gasteiger partial charge in [-0.3, -0.25) is 0 Å². The Morgan fingerprint density at radius 2 is 1.91 bits per heavy atom. The normalized spacial score (nSPS) is 11.0. The van der Waals surface area contributed by atoms with Gasteiger partial charge in [0.1, 0.15) is 5.82 Å². The van der Waals surface area contributed by atoms with Gasteiger partial charge in [-0.1, -0.05) is 23.5 Å². The van der Waals surface area contributed by atoms with Crippen LogP contribution in [-0.2, 0) is 11.2 Å². The molecule has 0 saturated heterocycles. The second-order valence-electron chi connectivity index (χ2n) is 4.60. The quantitative estimate of drug-likeness (QED) is 0.617. The predicted molar refractivity (Wildman–Crippen MR) is 92.1 cm³/mol. The molecule has 0 radical (unpaired) electrons. The molecule has 0 amide bonds. The van der Waals surface area contributed by atoms with Gasteiger partial charge in [0.2, 0.25) is 5.13 Å². The van der Waals surface area contributed by atoms with E-state index in [4.69, 9.17) is 4.74 Å². The number of nitrogens with one attached hydrogen (secondary N) is 2. The molecule has 2 heterocycles. The van der Waals surface area contributed by atoms with E-state index in [1.165, 1.54) is 16.2 Å². The molecule has 0 bridgehead atoms. The monoisotopic (exact) mass is 335 g/mol. The molecule has 0 aliphatic rings. The molecule has 8 heteroatoms. The van der Waals surface area contributed by atoms with Crippen molar-refractivity contribution in [1.82, 2.24) is 14.3 Å². The van der Waals surface area contributed by atoms with Crippen LogP contribution < -0.4 is 10.6 Å². The average Bonchev–Trinajstić information content (AvgIpc) is 3.15. The van der Waals surface area contributed by atoms with Crippen molar-refractivity contribution in [2.75, 3.05) is 37.4 Å². The number of hydrogen-bond acceptors (Lipinski definition) is 8. The van der Waals surface area contributed by atoms with Crippen LogP contribution in [0.4, 0.5) is 10.3 Å². The number of fused-ring (bicyclic) bond motifs is 1. The Balaban J connectivity index is 1.44. The van der Waals surface area contributed by atoms with Gasteiger partial charge in [-0.25, -0.2) is 9.97 Å². The zero-order valence-corrected chi connectivity index (χ0v) is 13.8. The largest absolute Gasteiger partial charge is 0.384 e. The fourth-order valence-electron chi connectivity index (χ4n) is 1.91. The predicted octanol–water partition coefficient (Wildman–Crippen LogP) is 2.86. The van der Waals surface area contributed by atoms with Gasteiger partial charge in [-0.15, -0.1) is 0 Å². The Morgan fingerprint density at radius 1 is 1.09 bits per heavy atom. The second-order valence-corrected chi connectivity index (χ2v) is 6.38. The van der Waals surface area contributed by atoms with Crippen LogP contribution in [0.3, 0.4) is 0 Å². The average molecular weight is 335 g/mol. The van der Waals surface area contributed by atoms with Crippen molar-refractivity contribution in [2.24, 2.45) is 0 Å². The van der Waals surface area contributed by atoms with Gasteiger partial charge in [0.15, 0.2) is 5.13 Å². The standard InChI is InChI=1S/C14H17N5OS2/c1-20-9-6-12-18-14(22-19-12)16-8-7-15-13-17-10-4-2-3-5-11(10)21-13/h2-5H,6-9H2,1H3,(H,15,17)(H,16,18,19). The number of nitrogens with zero attached hydrogens (tertiary/aromatic N) is 3. The molecule has 3 aromatic rings. The first kappa shape index (κ1) is 15.1. The molecule has 6 nitrogen and oxygen atoms in total. The molecule has 0 fully saturated rings. The first-order chi connectivity index (χ1) is 10.8. The van der Waals surface area contributed by atoms with Crippen LogP contribution in [0.25, 0.3) is 10.2 Å². The van der Waals surface area contributed by atoms with Crippen LogP contribution in [0, 0.1) is 0 Å². The van der Waals surface area contributed by atoms with E-state index in [1.54, 1.807) is 18.4 Å². The molecular formula is C14H17N5OS2. The van der Waals surface area contributed by atoms with Gasteiger partial charge in [0, 0.05) is 38.2 Å². The van der Waals surface area contributed by atoms with Crippen molar-refractivity contribution in [3.05, 3.63) is 30.1 Å². The highest BCUT2D eigenvalue weighted by Crippen LogP contribution is 2.25. The van der Waals surface area contributed by atoms with E-state index in [-0.39, 0.29) is 0 Å². The van der Waals surface area contributed by atoms with Crippen LogP contribution in [0.5, 0.6) is 0 Å². The third-order valence-corrected chi connectivity index (χ3v) is 4.67. The first-order valence-electron chi connectivity index (χ1n) is 7.00. The summed E-state index contributed by atoms with van der Waals surface area (Å²) < 4.78 is 10.5. The Morgan fingerprint density at radius 3 is 2.73 bits per heavy atom. The highest BCUT2D eigenvalue weighted by molar-refractivity contribution is 7.22. The summed E-state index contributed by atoms with van der Waals surface area (Å²) in [6, 6.07) is 8.14. The van der Waals surface area contributed by atoms with Crippen molar-refractivity contribution in [3.8, 4) is 0 Å². The maximum atomic E-state index is 5.02. The van der Waals surface area contributed by atoms with Gasteiger partial charge in [-0.05, 0) is 12.1 Å². The fraction of sp³-hybridized carbons (Fsp3) is 0.357. The Hall–Kier alpha value is -1.77. The number of ether oxygens (including phenoxy) is 1. The number of hydrogen-bond donors (Lipinski definition) is 2. The number of aromatic nitrogens is 3. The summed E-state index contributed by atoms with van der Waals surface area (Å²) in [4.78, 5) is 8.94. The molecule has 2 aromatic heterocycles. The highest BCUT2D eigenvalue weighted by Gasteiger charge is 2.04. The second kappa shape index (κ2) is 7.48.